The number of benzene rings is 2. The summed E-state index contributed by atoms with van der Waals surface area (Å²) in [7, 11) is 1.86. The van der Waals surface area contributed by atoms with Crippen molar-refractivity contribution < 1.29 is 26.3 Å². The monoisotopic (exact) mass is 439 g/mol. The smallest absolute Gasteiger partial charge is 0.355 e. The molecule has 0 fully saturated rings. The summed E-state index contributed by atoms with van der Waals surface area (Å²) in [6, 6.07) is 14.4. The minimum Gasteiger partial charge on any atom is -1.00 e. The highest BCUT2D eigenvalue weighted by atomic mass is 79.9. The third-order valence-corrected chi connectivity index (χ3v) is 4.36. The van der Waals surface area contributed by atoms with Crippen molar-refractivity contribution in [1.29, 1.82) is 0 Å². The summed E-state index contributed by atoms with van der Waals surface area (Å²) in [5, 5.41) is 1.21. The molecule has 0 aliphatic rings. The number of nitrogen functional groups attached to an aromatic ring is 1. The molecule has 0 saturated heterocycles. The van der Waals surface area contributed by atoms with E-state index < -0.39 is 0 Å². The Bertz CT molecular complexity index is 907. The fraction of sp³-hybridized carbons (Fsp3) is 0.111. The van der Waals surface area contributed by atoms with Crippen LogP contribution in [-0.2, 0) is 13.6 Å². The van der Waals surface area contributed by atoms with Gasteiger partial charge >= 0.3 is 5.95 Å². The molecule has 0 aliphatic heterocycles. The summed E-state index contributed by atoms with van der Waals surface area (Å²) in [6.07, 6.45) is 1.86. The first-order chi connectivity index (χ1) is 11.5. The van der Waals surface area contributed by atoms with Crippen molar-refractivity contribution in [2.75, 3.05) is 5.73 Å². The van der Waals surface area contributed by atoms with E-state index in [1.807, 2.05) is 42.1 Å². The molecule has 4 nitrogen and oxygen atoms in total. The van der Waals surface area contributed by atoms with Crippen molar-refractivity contribution >= 4 is 34.9 Å². The normalized spacial score (nSPS) is 10.4. The number of Topliss-reactive ketones (excluding diaryl/α,β-unsaturated/α-hetero) is 1. The molecule has 0 amide bonds. The molecule has 0 spiro atoms. The van der Waals surface area contributed by atoms with Crippen LogP contribution in [0.25, 0.3) is 11.3 Å². The van der Waals surface area contributed by atoms with Crippen LogP contribution in [-0.4, -0.2) is 10.4 Å². The Morgan fingerprint density at radius 3 is 2.44 bits per heavy atom. The SMILES string of the molecule is Cn1c(-c2ccc(Cl)cc2)c[n+](CC(=O)c2cccc(Cl)c2)c1N.[Br-]. The maximum atomic E-state index is 12.5. The maximum Gasteiger partial charge on any atom is 0.355 e. The minimum atomic E-state index is -0.0533. The summed E-state index contributed by atoms with van der Waals surface area (Å²) in [5.41, 5.74) is 8.59. The predicted molar refractivity (Wildman–Crippen MR) is 96.2 cm³/mol. The number of rotatable bonds is 4. The quantitative estimate of drug-likeness (QED) is 0.481. The van der Waals surface area contributed by atoms with Gasteiger partial charge in [-0.05, 0) is 36.4 Å². The first-order valence-electron chi connectivity index (χ1n) is 7.35. The Morgan fingerprint density at radius 1 is 1.12 bits per heavy atom. The highest BCUT2D eigenvalue weighted by molar-refractivity contribution is 6.31. The van der Waals surface area contributed by atoms with Crippen LogP contribution in [0.3, 0.4) is 0 Å². The van der Waals surface area contributed by atoms with Crippen LogP contribution in [0, 0.1) is 0 Å². The second-order valence-electron chi connectivity index (χ2n) is 5.50. The van der Waals surface area contributed by atoms with E-state index >= 15 is 0 Å². The van der Waals surface area contributed by atoms with Gasteiger partial charge in [-0.2, -0.15) is 0 Å². The molecular weight excluding hydrogens is 425 g/mol. The average molecular weight is 441 g/mol. The molecule has 2 N–H and O–H groups in total. The summed E-state index contributed by atoms with van der Waals surface area (Å²) in [5.74, 6) is 0.442. The van der Waals surface area contributed by atoms with Gasteiger partial charge in [0.2, 0.25) is 0 Å². The lowest BCUT2D eigenvalue weighted by atomic mass is 10.1. The third kappa shape index (κ3) is 4.24. The highest BCUT2D eigenvalue weighted by Gasteiger charge is 2.20. The van der Waals surface area contributed by atoms with Crippen molar-refractivity contribution in [3.05, 3.63) is 70.3 Å². The summed E-state index contributed by atoms with van der Waals surface area (Å²) in [4.78, 5) is 12.5. The minimum absolute atomic E-state index is 0. The molecule has 0 aliphatic carbocycles. The van der Waals surface area contributed by atoms with Crippen molar-refractivity contribution in [1.82, 2.24) is 4.57 Å². The number of hydrogen-bond donors (Lipinski definition) is 1. The van der Waals surface area contributed by atoms with Gasteiger partial charge in [-0.15, -0.1) is 0 Å². The molecule has 0 bridgehead atoms. The van der Waals surface area contributed by atoms with E-state index in [0.29, 0.717) is 21.6 Å². The topological polar surface area (TPSA) is 51.9 Å². The molecular formula is C18H16BrCl2N3O. The zero-order valence-corrected chi connectivity index (χ0v) is 16.5. The first-order valence-corrected chi connectivity index (χ1v) is 8.10. The average Bonchev–Trinajstić information content (AvgIpc) is 2.84. The molecule has 2 aromatic carbocycles. The molecule has 0 unspecified atom stereocenters. The first kappa shape index (κ1) is 19.5. The lowest BCUT2D eigenvalue weighted by Crippen LogP contribution is -3.00. The zero-order chi connectivity index (χ0) is 17.3. The fourth-order valence-corrected chi connectivity index (χ4v) is 2.86. The number of imidazole rings is 1. The lowest BCUT2D eigenvalue weighted by Gasteiger charge is -2.01. The second-order valence-corrected chi connectivity index (χ2v) is 6.37. The van der Waals surface area contributed by atoms with Gasteiger partial charge in [0.05, 0.1) is 7.05 Å². The van der Waals surface area contributed by atoms with Crippen molar-refractivity contribution in [3.63, 3.8) is 0 Å². The van der Waals surface area contributed by atoms with Crippen LogP contribution < -0.4 is 27.3 Å². The van der Waals surface area contributed by atoms with Crippen LogP contribution >= 0.6 is 23.2 Å². The Kier molecular flexibility index (Phi) is 6.27. The number of anilines is 1. The number of carbonyl (C=O) groups excluding carboxylic acids is 1. The Hall–Kier alpha value is -1.82. The second kappa shape index (κ2) is 8.04. The molecule has 130 valence electrons. The van der Waals surface area contributed by atoms with Gasteiger partial charge in [0.25, 0.3) is 0 Å². The van der Waals surface area contributed by atoms with Crippen molar-refractivity contribution in [2.45, 2.75) is 6.54 Å². The van der Waals surface area contributed by atoms with Gasteiger partial charge in [0.15, 0.2) is 5.78 Å². The van der Waals surface area contributed by atoms with E-state index in [9.17, 15) is 4.79 Å². The Morgan fingerprint density at radius 2 is 1.80 bits per heavy atom. The standard InChI is InChI=1S/C18H15Cl2N3O.BrH/c1-22-16(12-5-7-14(19)8-6-12)10-23(18(22)21)11-17(24)13-3-2-4-15(20)9-13;/h2-10,21H,11H2,1H3;1H. The van der Waals surface area contributed by atoms with Crippen molar-refractivity contribution in [3.8, 4) is 11.3 Å². The Balaban J connectivity index is 0.00000225. The molecule has 0 saturated carbocycles. The third-order valence-electron chi connectivity index (χ3n) is 3.88. The number of aromatic nitrogens is 2. The molecule has 7 heteroatoms. The number of nitrogens with two attached hydrogens (primary N) is 1. The van der Waals surface area contributed by atoms with Gasteiger partial charge in [0.1, 0.15) is 18.4 Å². The number of halogens is 3. The summed E-state index contributed by atoms with van der Waals surface area (Å²) < 4.78 is 3.57. The molecule has 25 heavy (non-hydrogen) atoms. The van der Waals surface area contributed by atoms with Crippen LogP contribution in [0.2, 0.25) is 10.0 Å². The van der Waals surface area contributed by atoms with Gasteiger partial charge in [-0.25, -0.2) is 9.13 Å². The van der Waals surface area contributed by atoms with E-state index in [0.717, 1.165) is 11.3 Å². The van der Waals surface area contributed by atoms with Gasteiger partial charge < -0.3 is 17.0 Å². The molecule has 3 aromatic rings. The lowest BCUT2D eigenvalue weighted by molar-refractivity contribution is -0.667. The van der Waals surface area contributed by atoms with Gasteiger partial charge in [-0.3, -0.25) is 10.5 Å². The van der Waals surface area contributed by atoms with Gasteiger partial charge in [0, 0.05) is 21.2 Å². The number of ketones is 1. The van der Waals surface area contributed by atoms with E-state index in [2.05, 4.69) is 0 Å². The predicted octanol–water partition coefficient (Wildman–Crippen LogP) is 0.755. The number of hydrogen-bond acceptors (Lipinski definition) is 2. The van der Waals surface area contributed by atoms with Crippen molar-refractivity contribution in [2.24, 2.45) is 7.05 Å². The maximum absolute atomic E-state index is 12.5. The number of carbonyl (C=O) groups is 1. The molecule has 1 heterocycles. The largest absolute Gasteiger partial charge is 1.00 e. The molecule has 3 rings (SSSR count). The molecule has 0 radical (unpaired) electrons. The highest BCUT2D eigenvalue weighted by Crippen LogP contribution is 2.22. The van der Waals surface area contributed by atoms with Crippen LogP contribution in [0.1, 0.15) is 10.4 Å². The molecule has 0 atom stereocenters. The van der Waals surface area contributed by atoms with E-state index in [-0.39, 0.29) is 29.3 Å². The van der Waals surface area contributed by atoms with Gasteiger partial charge in [-0.1, -0.05) is 35.3 Å². The van der Waals surface area contributed by atoms with Crippen LogP contribution in [0.15, 0.2) is 54.7 Å². The summed E-state index contributed by atoms with van der Waals surface area (Å²) in [6.45, 7) is 0.146. The fourth-order valence-electron chi connectivity index (χ4n) is 2.54. The van der Waals surface area contributed by atoms with Crippen LogP contribution in [0.4, 0.5) is 5.95 Å². The Labute approximate surface area is 166 Å². The summed E-state index contributed by atoms with van der Waals surface area (Å²) >= 11 is 11.9. The van der Waals surface area contributed by atoms with Crippen LogP contribution in [0.5, 0.6) is 0 Å². The van der Waals surface area contributed by atoms with E-state index in [1.165, 1.54) is 0 Å². The van der Waals surface area contributed by atoms with E-state index in [4.69, 9.17) is 28.9 Å². The van der Waals surface area contributed by atoms with E-state index in [1.54, 1.807) is 28.8 Å². The zero-order valence-electron chi connectivity index (χ0n) is 13.4. The number of nitrogens with zero attached hydrogens (tertiary/aromatic N) is 2. The molecule has 1 aromatic heterocycles.